The number of aliphatic hydroxyl groups excluding tert-OH is 1. The van der Waals surface area contributed by atoms with Gasteiger partial charge in [-0.3, -0.25) is 5.10 Å². The Hall–Kier alpha value is -2.41. The molecule has 0 saturated heterocycles. The van der Waals surface area contributed by atoms with Crippen molar-refractivity contribution in [3.8, 4) is 11.4 Å². The van der Waals surface area contributed by atoms with E-state index in [1.165, 1.54) is 6.33 Å². The summed E-state index contributed by atoms with van der Waals surface area (Å²) in [6, 6.07) is 7.52. The summed E-state index contributed by atoms with van der Waals surface area (Å²) in [5.74, 6) is 0.696. The first kappa shape index (κ1) is 17.9. The lowest BCUT2D eigenvalue weighted by molar-refractivity contribution is 0.129. The molecule has 1 unspecified atom stereocenters. The topological polar surface area (TPSA) is 103 Å². The summed E-state index contributed by atoms with van der Waals surface area (Å²) in [7, 11) is 0. The molecule has 0 fully saturated rings. The highest BCUT2D eigenvalue weighted by atomic mass is 16.3. The summed E-state index contributed by atoms with van der Waals surface area (Å²) in [5, 5.41) is 21.8. The minimum atomic E-state index is -0.385. The molecular weight excluding hydrogens is 306 g/mol. The Balaban J connectivity index is 1.83. The third-order valence-electron chi connectivity index (χ3n) is 3.64. The number of urea groups is 1. The average Bonchev–Trinajstić information content (AvgIpc) is 3.04. The highest BCUT2D eigenvalue weighted by Gasteiger charge is 2.20. The maximum absolute atomic E-state index is 11.9. The van der Waals surface area contributed by atoms with Crippen molar-refractivity contribution in [3.63, 3.8) is 0 Å². The first-order chi connectivity index (χ1) is 11.4. The number of H-pyrrole nitrogens is 1. The smallest absolute Gasteiger partial charge is 0.315 e. The Morgan fingerprint density at radius 3 is 2.83 bits per heavy atom. The van der Waals surface area contributed by atoms with Gasteiger partial charge in [0.2, 0.25) is 0 Å². The molecule has 1 heterocycles. The number of aromatic amines is 1. The molecule has 7 heteroatoms. The maximum atomic E-state index is 11.9. The molecule has 1 aromatic heterocycles. The third-order valence-corrected chi connectivity index (χ3v) is 3.64. The number of nitrogens with one attached hydrogen (secondary N) is 3. The number of aliphatic hydroxyl groups is 1. The molecule has 0 saturated carbocycles. The van der Waals surface area contributed by atoms with Crippen LogP contribution in [0.4, 0.5) is 4.79 Å². The van der Waals surface area contributed by atoms with E-state index in [9.17, 15) is 9.90 Å². The second-order valence-corrected chi connectivity index (χ2v) is 6.79. The van der Waals surface area contributed by atoms with Gasteiger partial charge in [0, 0.05) is 18.7 Å². The van der Waals surface area contributed by atoms with E-state index < -0.39 is 0 Å². The molecule has 1 aromatic carbocycles. The monoisotopic (exact) mass is 331 g/mol. The number of nitrogens with zero attached hydrogens (tertiary/aromatic N) is 2. The number of amides is 2. The van der Waals surface area contributed by atoms with Crippen LogP contribution in [0.5, 0.6) is 0 Å². The lowest BCUT2D eigenvalue weighted by Crippen LogP contribution is -2.41. The molecule has 0 aliphatic carbocycles. The molecular formula is C17H25N5O2. The lowest BCUT2D eigenvalue weighted by Gasteiger charge is -2.26. The van der Waals surface area contributed by atoms with E-state index >= 15 is 0 Å². The zero-order valence-electron chi connectivity index (χ0n) is 14.3. The van der Waals surface area contributed by atoms with Crippen LogP contribution in [-0.4, -0.2) is 39.0 Å². The van der Waals surface area contributed by atoms with E-state index in [1.54, 1.807) is 6.92 Å². The van der Waals surface area contributed by atoms with Crippen molar-refractivity contribution in [2.75, 3.05) is 6.54 Å². The molecule has 0 radical (unpaired) electrons. The van der Waals surface area contributed by atoms with Crippen LogP contribution in [0.25, 0.3) is 11.4 Å². The van der Waals surface area contributed by atoms with Crippen molar-refractivity contribution in [1.82, 2.24) is 25.8 Å². The molecule has 130 valence electrons. The third kappa shape index (κ3) is 5.66. The van der Waals surface area contributed by atoms with Gasteiger partial charge in [-0.15, -0.1) is 0 Å². The SMILES string of the molecule is CC(O)CC(C)(C)CNC(=O)NCc1cccc(-c2ncn[nH]2)c1. The van der Waals surface area contributed by atoms with Crippen molar-refractivity contribution in [3.05, 3.63) is 36.2 Å². The predicted octanol–water partition coefficient (Wildman–Crippen LogP) is 2.07. The van der Waals surface area contributed by atoms with Gasteiger partial charge in [0.1, 0.15) is 6.33 Å². The first-order valence-electron chi connectivity index (χ1n) is 8.00. The number of rotatable bonds is 7. The highest BCUT2D eigenvalue weighted by Crippen LogP contribution is 2.21. The molecule has 7 nitrogen and oxygen atoms in total. The van der Waals surface area contributed by atoms with Crippen LogP contribution in [0.3, 0.4) is 0 Å². The van der Waals surface area contributed by atoms with Crippen molar-refractivity contribution >= 4 is 6.03 Å². The Morgan fingerprint density at radius 1 is 1.38 bits per heavy atom. The Morgan fingerprint density at radius 2 is 2.17 bits per heavy atom. The fourth-order valence-corrected chi connectivity index (χ4v) is 2.61. The lowest BCUT2D eigenvalue weighted by atomic mass is 9.87. The molecule has 0 aliphatic rings. The molecule has 4 N–H and O–H groups in total. The van der Waals surface area contributed by atoms with Gasteiger partial charge < -0.3 is 15.7 Å². The van der Waals surface area contributed by atoms with Crippen LogP contribution in [0.1, 0.15) is 32.8 Å². The molecule has 0 aliphatic heterocycles. The van der Waals surface area contributed by atoms with E-state index in [-0.39, 0.29) is 17.6 Å². The number of benzene rings is 1. The average molecular weight is 331 g/mol. The minimum absolute atomic E-state index is 0.155. The Kier molecular flexibility index (Phi) is 5.92. The van der Waals surface area contributed by atoms with Crippen molar-refractivity contribution in [2.24, 2.45) is 5.41 Å². The van der Waals surface area contributed by atoms with Crippen LogP contribution in [0.15, 0.2) is 30.6 Å². The first-order valence-corrected chi connectivity index (χ1v) is 8.00. The Bertz CT molecular complexity index is 653. The van der Waals surface area contributed by atoms with Gasteiger partial charge in [-0.25, -0.2) is 9.78 Å². The predicted molar refractivity (Wildman–Crippen MR) is 92.1 cm³/mol. The van der Waals surface area contributed by atoms with Gasteiger partial charge in [-0.05, 0) is 30.4 Å². The summed E-state index contributed by atoms with van der Waals surface area (Å²) in [5.41, 5.74) is 1.74. The summed E-state index contributed by atoms with van der Waals surface area (Å²) < 4.78 is 0. The zero-order chi connectivity index (χ0) is 17.6. The van der Waals surface area contributed by atoms with Crippen LogP contribution in [0, 0.1) is 5.41 Å². The van der Waals surface area contributed by atoms with E-state index in [2.05, 4.69) is 25.8 Å². The van der Waals surface area contributed by atoms with E-state index in [4.69, 9.17) is 0 Å². The molecule has 24 heavy (non-hydrogen) atoms. The van der Waals surface area contributed by atoms with Gasteiger partial charge in [0.15, 0.2) is 5.82 Å². The van der Waals surface area contributed by atoms with Crippen LogP contribution >= 0.6 is 0 Å². The standard InChI is InChI=1S/C17H25N5O2/c1-12(23)8-17(2,3)10-19-16(24)18-9-13-5-4-6-14(7-13)15-20-11-21-22-15/h4-7,11-12,23H,8-10H2,1-3H3,(H2,18,19,24)(H,20,21,22). The van der Waals surface area contributed by atoms with Gasteiger partial charge >= 0.3 is 6.03 Å². The number of carbonyl (C=O) groups is 1. The summed E-state index contributed by atoms with van der Waals surface area (Å²) in [6.07, 6.45) is 1.71. The van der Waals surface area contributed by atoms with Gasteiger partial charge in [-0.1, -0.05) is 32.0 Å². The van der Waals surface area contributed by atoms with E-state index in [0.29, 0.717) is 25.3 Å². The molecule has 2 amide bonds. The summed E-state index contributed by atoms with van der Waals surface area (Å²) in [4.78, 5) is 16.1. The molecule has 1 atom stereocenters. The van der Waals surface area contributed by atoms with Crippen molar-refractivity contribution in [2.45, 2.75) is 39.8 Å². The highest BCUT2D eigenvalue weighted by molar-refractivity contribution is 5.73. The fraction of sp³-hybridized carbons (Fsp3) is 0.471. The van der Waals surface area contributed by atoms with Gasteiger partial charge in [-0.2, -0.15) is 5.10 Å². The normalized spacial score (nSPS) is 12.7. The van der Waals surface area contributed by atoms with E-state index in [0.717, 1.165) is 11.1 Å². The minimum Gasteiger partial charge on any atom is -0.393 e. The maximum Gasteiger partial charge on any atom is 0.315 e. The van der Waals surface area contributed by atoms with E-state index in [1.807, 2.05) is 38.1 Å². The molecule has 2 aromatic rings. The van der Waals surface area contributed by atoms with Crippen molar-refractivity contribution < 1.29 is 9.90 Å². The molecule has 0 bridgehead atoms. The number of hydrogen-bond acceptors (Lipinski definition) is 4. The number of aromatic nitrogens is 3. The second kappa shape index (κ2) is 7.92. The largest absolute Gasteiger partial charge is 0.393 e. The quantitative estimate of drug-likeness (QED) is 0.623. The van der Waals surface area contributed by atoms with Crippen LogP contribution in [0.2, 0.25) is 0 Å². The van der Waals surface area contributed by atoms with Crippen LogP contribution < -0.4 is 10.6 Å². The van der Waals surface area contributed by atoms with Crippen molar-refractivity contribution in [1.29, 1.82) is 0 Å². The fourth-order valence-electron chi connectivity index (χ4n) is 2.61. The van der Waals surface area contributed by atoms with Crippen LogP contribution in [-0.2, 0) is 6.54 Å². The van der Waals surface area contributed by atoms with Gasteiger partial charge in [0.25, 0.3) is 0 Å². The number of hydrogen-bond donors (Lipinski definition) is 4. The summed E-state index contributed by atoms with van der Waals surface area (Å²) in [6.45, 7) is 6.71. The van der Waals surface area contributed by atoms with Gasteiger partial charge in [0.05, 0.1) is 6.10 Å². The number of carbonyl (C=O) groups excluding carboxylic acids is 1. The Labute approximate surface area is 141 Å². The zero-order valence-corrected chi connectivity index (χ0v) is 14.3. The molecule has 2 rings (SSSR count). The second-order valence-electron chi connectivity index (χ2n) is 6.79. The summed E-state index contributed by atoms with van der Waals surface area (Å²) >= 11 is 0. The molecule has 0 spiro atoms.